The van der Waals surface area contributed by atoms with Crippen LogP contribution < -0.4 is 10.2 Å². The summed E-state index contributed by atoms with van der Waals surface area (Å²) in [6, 6.07) is 6.82. The highest BCUT2D eigenvalue weighted by Crippen LogP contribution is 2.27. The van der Waals surface area contributed by atoms with Crippen molar-refractivity contribution in [1.82, 2.24) is 10.2 Å². The van der Waals surface area contributed by atoms with Gasteiger partial charge in [-0.2, -0.15) is 0 Å². The number of benzene rings is 1. The summed E-state index contributed by atoms with van der Waals surface area (Å²) >= 11 is 6.18. The molecular weight excluding hydrogens is 286 g/mol. The number of hydrogen-bond acceptors (Lipinski definition) is 3. The standard InChI is InChI=1S/C16H22ClN3O/c1-12(21)19-6-8-20(9-7-19)16-10-14(17)3-2-13(16)11-18-15-4-5-15/h2-3,10,15,18H,4-9,11H2,1H3. The van der Waals surface area contributed by atoms with Crippen LogP contribution in [0.5, 0.6) is 0 Å². The molecule has 0 radical (unpaired) electrons. The third kappa shape index (κ3) is 3.69. The SMILES string of the molecule is CC(=O)N1CCN(c2cc(Cl)ccc2CNC2CC2)CC1. The summed E-state index contributed by atoms with van der Waals surface area (Å²) in [6.45, 7) is 5.85. The van der Waals surface area contributed by atoms with Gasteiger partial charge in [-0.15, -0.1) is 0 Å². The van der Waals surface area contributed by atoms with E-state index in [1.807, 2.05) is 11.0 Å². The topological polar surface area (TPSA) is 35.6 Å². The van der Waals surface area contributed by atoms with Gasteiger partial charge in [-0.25, -0.2) is 0 Å². The van der Waals surface area contributed by atoms with Crippen LogP contribution in [0.25, 0.3) is 0 Å². The van der Waals surface area contributed by atoms with Crippen molar-refractivity contribution in [2.45, 2.75) is 32.4 Å². The summed E-state index contributed by atoms with van der Waals surface area (Å²) < 4.78 is 0. The molecule has 0 aromatic heterocycles. The fraction of sp³-hybridized carbons (Fsp3) is 0.562. The summed E-state index contributed by atoms with van der Waals surface area (Å²) in [5.74, 6) is 0.163. The zero-order valence-corrected chi connectivity index (χ0v) is 13.2. The molecular formula is C16H22ClN3O. The van der Waals surface area contributed by atoms with Crippen LogP contribution in [0.2, 0.25) is 5.02 Å². The number of rotatable bonds is 4. The third-order valence-corrected chi connectivity index (χ3v) is 4.51. The second kappa shape index (κ2) is 6.24. The molecule has 0 bridgehead atoms. The van der Waals surface area contributed by atoms with E-state index in [0.717, 1.165) is 37.7 Å². The van der Waals surface area contributed by atoms with E-state index in [9.17, 15) is 4.79 Å². The zero-order chi connectivity index (χ0) is 14.8. The molecule has 4 nitrogen and oxygen atoms in total. The summed E-state index contributed by atoms with van der Waals surface area (Å²) in [7, 11) is 0. The highest BCUT2D eigenvalue weighted by Gasteiger charge is 2.23. The highest BCUT2D eigenvalue weighted by atomic mass is 35.5. The Labute approximate surface area is 131 Å². The first-order valence-electron chi connectivity index (χ1n) is 7.66. The molecule has 2 fully saturated rings. The molecule has 1 aliphatic heterocycles. The molecule has 1 saturated carbocycles. The number of nitrogens with one attached hydrogen (secondary N) is 1. The molecule has 1 aliphatic carbocycles. The molecule has 1 amide bonds. The first kappa shape index (κ1) is 14.7. The van der Waals surface area contributed by atoms with E-state index in [-0.39, 0.29) is 5.91 Å². The van der Waals surface area contributed by atoms with E-state index in [4.69, 9.17) is 11.6 Å². The molecule has 1 N–H and O–H groups in total. The minimum absolute atomic E-state index is 0.163. The predicted octanol–water partition coefficient (Wildman–Crippen LogP) is 2.26. The fourth-order valence-electron chi connectivity index (χ4n) is 2.78. The Kier molecular flexibility index (Phi) is 4.36. The van der Waals surface area contributed by atoms with Crippen LogP contribution in [0.4, 0.5) is 5.69 Å². The lowest BCUT2D eigenvalue weighted by Crippen LogP contribution is -2.48. The molecule has 1 aromatic rings. The Hall–Kier alpha value is -1.26. The van der Waals surface area contributed by atoms with Gasteiger partial charge in [0.05, 0.1) is 0 Å². The lowest BCUT2D eigenvalue weighted by molar-refractivity contribution is -0.129. The Balaban J connectivity index is 1.70. The second-order valence-corrected chi connectivity index (χ2v) is 6.36. The van der Waals surface area contributed by atoms with Gasteiger partial charge < -0.3 is 15.1 Å². The van der Waals surface area contributed by atoms with Crippen molar-refractivity contribution in [3.63, 3.8) is 0 Å². The molecule has 1 heterocycles. The minimum Gasteiger partial charge on any atom is -0.368 e. The summed E-state index contributed by atoms with van der Waals surface area (Å²) in [5.41, 5.74) is 2.50. The van der Waals surface area contributed by atoms with E-state index >= 15 is 0 Å². The smallest absolute Gasteiger partial charge is 0.219 e. The third-order valence-electron chi connectivity index (χ3n) is 4.27. The van der Waals surface area contributed by atoms with E-state index in [1.165, 1.54) is 24.1 Å². The van der Waals surface area contributed by atoms with Gasteiger partial charge in [-0.3, -0.25) is 4.79 Å². The average molecular weight is 308 g/mol. The van der Waals surface area contributed by atoms with E-state index in [1.54, 1.807) is 6.92 Å². The van der Waals surface area contributed by atoms with E-state index in [0.29, 0.717) is 6.04 Å². The Morgan fingerprint density at radius 1 is 1.29 bits per heavy atom. The monoisotopic (exact) mass is 307 g/mol. The number of nitrogens with zero attached hydrogens (tertiary/aromatic N) is 2. The van der Waals surface area contributed by atoms with E-state index < -0.39 is 0 Å². The van der Waals surface area contributed by atoms with Crippen molar-refractivity contribution in [2.24, 2.45) is 0 Å². The van der Waals surface area contributed by atoms with Crippen LogP contribution in [0.3, 0.4) is 0 Å². The summed E-state index contributed by atoms with van der Waals surface area (Å²) in [4.78, 5) is 15.7. The van der Waals surface area contributed by atoms with Gasteiger partial charge in [0.15, 0.2) is 0 Å². The van der Waals surface area contributed by atoms with Crippen LogP contribution >= 0.6 is 11.6 Å². The first-order chi connectivity index (χ1) is 10.1. The Bertz CT molecular complexity index is 522. The minimum atomic E-state index is 0.163. The maximum absolute atomic E-state index is 11.4. The van der Waals surface area contributed by atoms with Gasteiger partial charge in [-0.1, -0.05) is 17.7 Å². The van der Waals surface area contributed by atoms with Crippen molar-refractivity contribution < 1.29 is 4.79 Å². The maximum atomic E-state index is 11.4. The highest BCUT2D eigenvalue weighted by molar-refractivity contribution is 6.30. The quantitative estimate of drug-likeness (QED) is 0.927. The molecule has 0 unspecified atom stereocenters. The van der Waals surface area contributed by atoms with Crippen LogP contribution in [0.15, 0.2) is 18.2 Å². The molecule has 0 spiro atoms. The Morgan fingerprint density at radius 3 is 2.62 bits per heavy atom. The average Bonchev–Trinajstić information content (AvgIpc) is 3.30. The number of carbonyl (C=O) groups is 1. The van der Waals surface area contributed by atoms with Gasteiger partial charge in [0, 0.05) is 56.4 Å². The molecule has 21 heavy (non-hydrogen) atoms. The largest absolute Gasteiger partial charge is 0.368 e. The molecule has 114 valence electrons. The number of amides is 1. The molecule has 1 aromatic carbocycles. The molecule has 5 heteroatoms. The Morgan fingerprint density at radius 2 is 2.00 bits per heavy atom. The van der Waals surface area contributed by atoms with Crippen molar-refractivity contribution in [3.8, 4) is 0 Å². The van der Waals surface area contributed by atoms with Gasteiger partial charge >= 0.3 is 0 Å². The molecule has 0 atom stereocenters. The number of anilines is 1. The lowest BCUT2D eigenvalue weighted by Gasteiger charge is -2.36. The van der Waals surface area contributed by atoms with Gasteiger partial charge in [-0.05, 0) is 30.5 Å². The van der Waals surface area contributed by atoms with Crippen molar-refractivity contribution in [1.29, 1.82) is 0 Å². The van der Waals surface area contributed by atoms with Crippen molar-refractivity contribution in [3.05, 3.63) is 28.8 Å². The lowest BCUT2D eigenvalue weighted by atomic mass is 10.1. The van der Waals surface area contributed by atoms with Crippen molar-refractivity contribution in [2.75, 3.05) is 31.1 Å². The number of hydrogen-bond donors (Lipinski definition) is 1. The van der Waals surface area contributed by atoms with Crippen LogP contribution in [0.1, 0.15) is 25.3 Å². The molecule has 3 rings (SSSR count). The maximum Gasteiger partial charge on any atom is 0.219 e. The number of piperazine rings is 1. The van der Waals surface area contributed by atoms with Crippen molar-refractivity contribution >= 4 is 23.2 Å². The normalized spacial score (nSPS) is 19.0. The number of carbonyl (C=O) groups excluding carboxylic acids is 1. The zero-order valence-electron chi connectivity index (χ0n) is 12.4. The van der Waals surface area contributed by atoms with Crippen LogP contribution in [-0.2, 0) is 11.3 Å². The summed E-state index contributed by atoms with van der Waals surface area (Å²) in [5, 5.41) is 4.34. The van der Waals surface area contributed by atoms with Crippen LogP contribution in [0, 0.1) is 0 Å². The fourth-order valence-corrected chi connectivity index (χ4v) is 2.95. The predicted molar refractivity (Wildman–Crippen MR) is 85.8 cm³/mol. The van der Waals surface area contributed by atoms with Crippen LogP contribution in [-0.4, -0.2) is 43.0 Å². The van der Waals surface area contributed by atoms with E-state index in [2.05, 4.69) is 22.3 Å². The summed E-state index contributed by atoms with van der Waals surface area (Å²) in [6.07, 6.45) is 2.58. The molecule has 2 aliphatic rings. The second-order valence-electron chi connectivity index (χ2n) is 5.92. The first-order valence-corrected chi connectivity index (χ1v) is 8.03. The van der Waals surface area contributed by atoms with Gasteiger partial charge in [0.1, 0.15) is 0 Å². The molecule has 1 saturated heterocycles. The van der Waals surface area contributed by atoms with Gasteiger partial charge in [0.25, 0.3) is 0 Å². The number of halogens is 1. The van der Waals surface area contributed by atoms with Gasteiger partial charge in [0.2, 0.25) is 5.91 Å².